The van der Waals surface area contributed by atoms with E-state index in [4.69, 9.17) is 9.84 Å². The largest absolute Gasteiger partial charge is 0.493 e. The number of aromatic nitrogens is 1. The van der Waals surface area contributed by atoms with Gasteiger partial charge >= 0.3 is 5.97 Å². The zero-order valence-electron chi connectivity index (χ0n) is 12.3. The molecular weight excluding hydrogens is 286 g/mol. The number of nitrogens with zero attached hydrogens (tertiary/aromatic N) is 1. The van der Waals surface area contributed by atoms with E-state index in [0.717, 1.165) is 39.7 Å². The number of ether oxygens (including phenoxy) is 1. The molecule has 0 aliphatic heterocycles. The van der Waals surface area contributed by atoms with Gasteiger partial charge in [0.05, 0.1) is 23.7 Å². The fraction of sp³-hybridized carbons (Fsp3) is 0.375. The predicted octanol–water partition coefficient (Wildman–Crippen LogP) is 3.79. The standard InChI is InChI=1S/C16H19NO3S/c1-3-7-14-17-16(13(21-14)10-15(18)19)11-8-5-6-9-12(11)20-4-2/h5-6,8-9H,3-4,7,10H2,1-2H3,(H,18,19). The molecule has 5 heteroatoms. The molecule has 1 aromatic carbocycles. The second-order valence-electron chi connectivity index (χ2n) is 4.63. The zero-order chi connectivity index (χ0) is 15.2. The van der Waals surface area contributed by atoms with Crippen molar-refractivity contribution in [2.75, 3.05) is 6.61 Å². The van der Waals surface area contributed by atoms with E-state index < -0.39 is 5.97 Å². The molecule has 1 heterocycles. The molecule has 21 heavy (non-hydrogen) atoms. The summed E-state index contributed by atoms with van der Waals surface area (Å²) in [5.74, 6) is -0.0863. The van der Waals surface area contributed by atoms with Gasteiger partial charge in [-0.2, -0.15) is 0 Å². The Morgan fingerprint density at radius 3 is 2.76 bits per heavy atom. The maximum atomic E-state index is 11.1. The molecule has 1 aromatic heterocycles. The first kappa shape index (κ1) is 15.5. The minimum Gasteiger partial charge on any atom is -0.493 e. The van der Waals surface area contributed by atoms with Crippen molar-refractivity contribution in [1.29, 1.82) is 0 Å². The lowest BCUT2D eigenvalue weighted by Crippen LogP contribution is -2.00. The highest BCUT2D eigenvalue weighted by atomic mass is 32.1. The van der Waals surface area contributed by atoms with Gasteiger partial charge in [0.2, 0.25) is 0 Å². The molecule has 1 N–H and O–H groups in total. The van der Waals surface area contributed by atoms with Gasteiger partial charge in [0.25, 0.3) is 0 Å². The van der Waals surface area contributed by atoms with Gasteiger partial charge in [-0.25, -0.2) is 4.98 Å². The first-order chi connectivity index (χ1) is 10.2. The van der Waals surface area contributed by atoms with E-state index in [-0.39, 0.29) is 6.42 Å². The van der Waals surface area contributed by atoms with E-state index in [1.807, 2.05) is 31.2 Å². The molecule has 0 fully saturated rings. The number of thiazole rings is 1. The summed E-state index contributed by atoms with van der Waals surface area (Å²) < 4.78 is 5.64. The predicted molar refractivity (Wildman–Crippen MR) is 84.1 cm³/mol. The maximum Gasteiger partial charge on any atom is 0.308 e. The van der Waals surface area contributed by atoms with E-state index in [1.165, 1.54) is 11.3 Å². The van der Waals surface area contributed by atoms with Crippen LogP contribution in [0.3, 0.4) is 0 Å². The summed E-state index contributed by atoms with van der Waals surface area (Å²) in [5, 5.41) is 10.1. The van der Waals surface area contributed by atoms with Gasteiger partial charge in [0.15, 0.2) is 0 Å². The number of rotatable bonds is 7. The van der Waals surface area contributed by atoms with E-state index in [0.29, 0.717) is 6.61 Å². The van der Waals surface area contributed by atoms with Crippen LogP contribution in [0.2, 0.25) is 0 Å². The number of aliphatic carboxylic acids is 1. The molecule has 0 radical (unpaired) electrons. The molecule has 0 bridgehead atoms. The van der Waals surface area contributed by atoms with Crippen molar-refractivity contribution in [2.24, 2.45) is 0 Å². The fourth-order valence-electron chi connectivity index (χ4n) is 2.13. The van der Waals surface area contributed by atoms with Gasteiger partial charge in [-0.05, 0) is 31.9 Å². The fourth-order valence-corrected chi connectivity index (χ4v) is 3.31. The number of para-hydroxylation sites is 1. The second kappa shape index (κ2) is 7.22. The van der Waals surface area contributed by atoms with Gasteiger partial charge in [-0.1, -0.05) is 19.1 Å². The second-order valence-corrected chi connectivity index (χ2v) is 5.80. The minimum absolute atomic E-state index is 0.00280. The molecular formula is C16H19NO3S. The monoisotopic (exact) mass is 305 g/mol. The number of hydrogen-bond donors (Lipinski definition) is 1. The highest BCUT2D eigenvalue weighted by Gasteiger charge is 2.18. The number of benzene rings is 1. The van der Waals surface area contributed by atoms with E-state index in [2.05, 4.69) is 11.9 Å². The summed E-state index contributed by atoms with van der Waals surface area (Å²) in [5.41, 5.74) is 1.61. The number of aryl methyl sites for hydroxylation is 1. The zero-order valence-corrected chi connectivity index (χ0v) is 13.1. The van der Waals surface area contributed by atoms with E-state index in [1.54, 1.807) is 0 Å². The number of hydrogen-bond acceptors (Lipinski definition) is 4. The molecule has 0 spiro atoms. The quantitative estimate of drug-likeness (QED) is 0.845. The van der Waals surface area contributed by atoms with Crippen molar-refractivity contribution in [3.8, 4) is 17.0 Å². The number of carboxylic acid groups (broad SMARTS) is 1. The van der Waals surface area contributed by atoms with Crippen molar-refractivity contribution in [3.05, 3.63) is 34.2 Å². The van der Waals surface area contributed by atoms with Gasteiger partial charge < -0.3 is 9.84 Å². The molecule has 0 saturated carbocycles. The summed E-state index contributed by atoms with van der Waals surface area (Å²) in [7, 11) is 0. The van der Waals surface area contributed by atoms with Gasteiger partial charge in [-0.15, -0.1) is 11.3 Å². The third-order valence-electron chi connectivity index (χ3n) is 2.96. The number of carbonyl (C=O) groups is 1. The van der Waals surface area contributed by atoms with E-state index >= 15 is 0 Å². The summed E-state index contributed by atoms with van der Waals surface area (Å²) in [6, 6.07) is 7.65. The van der Waals surface area contributed by atoms with Gasteiger partial charge in [0.1, 0.15) is 5.75 Å². The van der Waals surface area contributed by atoms with Crippen LogP contribution in [0.5, 0.6) is 5.75 Å². The lowest BCUT2D eigenvalue weighted by Gasteiger charge is -2.09. The van der Waals surface area contributed by atoms with E-state index in [9.17, 15) is 4.79 Å². The Balaban J connectivity index is 2.48. The first-order valence-corrected chi connectivity index (χ1v) is 7.89. The third kappa shape index (κ3) is 3.82. The van der Waals surface area contributed by atoms with Crippen LogP contribution < -0.4 is 4.74 Å². The summed E-state index contributed by atoms with van der Waals surface area (Å²) in [6.07, 6.45) is 1.86. The first-order valence-electron chi connectivity index (χ1n) is 7.08. The average Bonchev–Trinajstić information content (AvgIpc) is 2.82. The number of carboxylic acids is 1. The molecule has 2 rings (SSSR count). The van der Waals surface area contributed by atoms with Gasteiger partial charge in [0, 0.05) is 10.4 Å². The molecule has 4 nitrogen and oxygen atoms in total. The highest BCUT2D eigenvalue weighted by molar-refractivity contribution is 7.12. The Hall–Kier alpha value is -1.88. The summed E-state index contributed by atoms with van der Waals surface area (Å²) >= 11 is 1.49. The van der Waals surface area contributed by atoms with Gasteiger partial charge in [-0.3, -0.25) is 4.79 Å². The van der Waals surface area contributed by atoms with Crippen LogP contribution in [0.4, 0.5) is 0 Å². The normalized spacial score (nSPS) is 10.6. The van der Waals surface area contributed by atoms with Crippen LogP contribution in [0, 0.1) is 0 Å². The molecule has 2 aromatic rings. The third-order valence-corrected chi connectivity index (χ3v) is 4.07. The van der Waals surface area contributed by atoms with Crippen LogP contribution in [0.25, 0.3) is 11.3 Å². The van der Waals surface area contributed by atoms with Crippen molar-refractivity contribution < 1.29 is 14.6 Å². The average molecular weight is 305 g/mol. The van der Waals surface area contributed by atoms with Crippen LogP contribution >= 0.6 is 11.3 Å². The van der Waals surface area contributed by atoms with Crippen molar-refractivity contribution in [1.82, 2.24) is 4.98 Å². The Bertz CT molecular complexity index is 622. The van der Waals surface area contributed by atoms with Crippen molar-refractivity contribution in [3.63, 3.8) is 0 Å². The molecule has 0 amide bonds. The molecule has 0 aliphatic rings. The summed E-state index contributed by atoms with van der Waals surface area (Å²) in [4.78, 5) is 16.5. The Morgan fingerprint density at radius 1 is 1.33 bits per heavy atom. The SMILES string of the molecule is CCCc1nc(-c2ccccc2OCC)c(CC(=O)O)s1. The molecule has 0 unspecified atom stereocenters. The Kier molecular flexibility index (Phi) is 5.33. The van der Waals surface area contributed by atoms with Crippen LogP contribution in [-0.4, -0.2) is 22.7 Å². The topological polar surface area (TPSA) is 59.4 Å². The van der Waals surface area contributed by atoms with Crippen molar-refractivity contribution >= 4 is 17.3 Å². The smallest absolute Gasteiger partial charge is 0.308 e. The molecule has 112 valence electrons. The summed E-state index contributed by atoms with van der Waals surface area (Å²) in [6.45, 7) is 4.59. The van der Waals surface area contributed by atoms with Crippen LogP contribution in [0.1, 0.15) is 30.2 Å². The molecule has 0 aliphatic carbocycles. The van der Waals surface area contributed by atoms with Crippen LogP contribution in [-0.2, 0) is 17.6 Å². The minimum atomic E-state index is -0.836. The highest BCUT2D eigenvalue weighted by Crippen LogP contribution is 2.35. The maximum absolute atomic E-state index is 11.1. The Morgan fingerprint density at radius 2 is 2.10 bits per heavy atom. The molecule has 0 saturated heterocycles. The molecule has 0 atom stereocenters. The lowest BCUT2D eigenvalue weighted by atomic mass is 10.1. The van der Waals surface area contributed by atoms with Crippen molar-refractivity contribution in [2.45, 2.75) is 33.1 Å². The lowest BCUT2D eigenvalue weighted by molar-refractivity contribution is -0.136. The Labute approximate surface area is 128 Å². The van der Waals surface area contributed by atoms with Crippen LogP contribution in [0.15, 0.2) is 24.3 Å².